The van der Waals surface area contributed by atoms with Gasteiger partial charge in [-0.15, -0.1) is 0 Å². The maximum Gasteiger partial charge on any atom is 0.266 e. The SMILES string of the molecule is COc1cccc(C2=NO[C@H](C(=O)N3CCN(C(c4ccccc4)c4ccccc4)CC3)C2)c1. The summed E-state index contributed by atoms with van der Waals surface area (Å²) in [6.45, 7) is 2.94. The van der Waals surface area contributed by atoms with Crippen LogP contribution in [0.4, 0.5) is 0 Å². The van der Waals surface area contributed by atoms with Crippen LogP contribution in [0, 0.1) is 0 Å². The molecule has 2 aliphatic rings. The van der Waals surface area contributed by atoms with E-state index in [9.17, 15) is 4.79 Å². The van der Waals surface area contributed by atoms with E-state index >= 15 is 0 Å². The Morgan fingerprint density at radius 2 is 1.56 bits per heavy atom. The molecule has 0 saturated carbocycles. The average Bonchev–Trinajstić information content (AvgIpc) is 3.41. The molecule has 0 radical (unpaired) electrons. The zero-order valence-electron chi connectivity index (χ0n) is 19.3. The number of ether oxygens (including phenoxy) is 1. The van der Waals surface area contributed by atoms with Crippen molar-refractivity contribution in [1.29, 1.82) is 0 Å². The molecule has 5 rings (SSSR count). The number of hydrogen-bond acceptors (Lipinski definition) is 5. The first-order valence-electron chi connectivity index (χ1n) is 11.7. The van der Waals surface area contributed by atoms with Gasteiger partial charge in [0.25, 0.3) is 5.91 Å². The second-order valence-corrected chi connectivity index (χ2v) is 8.65. The normalized spacial score (nSPS) is 18.5. The van der Waals surface area contributed by atoms with Crippen LogP contribution in [-0.2, 0) is 9.63 Å². The summed E-state index contributed by atoms with van der Waals surface area (Å²) in [6.07, 6.45) is -0.0881. The third kappa shape index (κ3) is 4.68. The first-order chi connectivity index (χ1) is 16.7. The highest BCUT2D eigenvalue weighted by atomic mass is 16.6. The summed E-state index contributed by atoms with van der Waals surface area (Å²) in [5.74, 6) is 0.773. The molecule has 0 bridgehead atoms. The lowest BCUT2D eigenvalue weighted by atomic mass is 9.96. The minimum atomic E-state index is -0.563. The third-order valence-electron chi connectivity index (χ3n) is 6.57. The molecule has 1 fully saturated rings. The minimum absolute atomic E-state index is 0.0114. The Morgan fingerprint density at radius 3 is 2.18 bits per heavy atom. The highest BCUT2D eigenvalue weighted by Gasteiger charge is 2.35. The van der Waals surface area contributed by atoms with Gasteiger partial charge in [-0.3, -0.25) is 9.69 Å². The quantitative estimate of drug-likeness (QED) is 0.561. The zero-order valence-corrected chi connectivity index (χ0v) is 19.3. The fourth-order valence-electron chi connectivity index (χ4n) is 4.77. The molecule has 6 heteroatoms. The molecule has 2 heterocycles. The molecule has 174 valence electrons. The molecule has 0 aromatic heterocycles. The number of amides is 1. The summed E-state index contributed by atoms with van der Waals surface area (Å²) >= 11 is 0. The largest absolute Gasteiger partial charge is 0.497 e. The van der Waals surface area contributed by atoms with Crippen molar-refractivity contribution in [3.05, 3.63) is 102 Å². The molecule has 6 nitrogen and oxygen atoms in total. The maximum atomic E-state index is 13.2. The Bertz CT molecular complexity index is 1100. The molecule has 1 atom stereocenters. The van der Waals surface area contributed by atoms with E-state index in [1.165, 1.54) is 11.1 Å². The summed E-state index contributed by atoms with van der Waals surface area (Å²) in [7, 11) is 1.64. The molecule has 34 heavy (non-hydrogen) atoms. The number of carbonyl (C=O) groups is 1. The summed E-state index contributed by atoms with van der Waals surface area (Å²) in [5.41, 5.74) is 4.24. The zero-order chi connectivity index (χ0) is 23.3. The van der Waals surface area contributed by atoms with Crippen LogP contribution >= 0.6 is 0 Å². The third-order valence-corrected chi connectivity index (χ3v) is 6.57. The Morgan fingerprint density at radius 1 is 0.912 bits per heavy atom. The predicted molar refractivity (Wildman–Crippen MR) is 132 cm³/mol. The molecule has 0 N–H and O–H groups in total. The number of methoxy groups -OCH3 is 1. The first-order valence-corrected chi connectivity index (χ1v) is 11.7. The summed E-state index contributed by atoms with van der Waals surface area (Å²) < 4.78 is 5.30. The fraction of sp³-hybridized carbons (Fsp3) is 0.286. The molecule has 1 saturated heterocycles. The molecular weight excluding hydrogens is 426 g/mol. The van der Waals surface area contributed by atoms with Gasteiger partial charge < -0.3 is 14.5 Å². The van der Waals surface area contributed by atoms with Gasteiger partial charge in [-0.25, -0.2) is 0 Å². The number of rotatable bonds is 6. The number of oxime groups is 1. The number of carbonyl (C=O) groups excluding carboxylic acids is 1. The van der Waals surface area contributed by atoms with Crippen LogP contribution in [0.1, 0.15) is 29.2 Å². The Hall–Kier alpha value is -3.64. The van der Waals surface area contributed by atoms with Crippen LogP contribution in [-0.4, -0.2) is 60.8 Å². The van der Waals surface area contributed by atoms with Gasteiger partial charge >= 0.3 is 0 Å². The highest BCUT2D eigenvalue weighted by Crippen LogP contribution is 2.30. The van der Waals surface area contributed by atoms with Gasteiger partial charge in [0.15, 0.2) is 0 Å². The van der Waals surface area contributed by atoms with E-state index < -0.39 is 6.10 Å². The maximum absolute atomic E-state index is 13.2. The lowest BCUT2D eigenvalue weighted by Gasteiger charge is -2.40. The predicted octanol–water partition coefficient (Wildman–Crippen LogP) is 4.12. The van der Waals surface area contributed by atoms with Gasteiger partial charge in [0.2, 0.25) is 6.10 Å². The van der Waals surface area contributed by atoms with Crippen molar-refractivity contribution in [2.75, 3.05) is 33.3 Å². The summed E-state index contributed by atoms with van der Waals surface area (Å²) in [6, 6.07) is 29.0. The van der Waals surface area contributed by atoms with Crippen molar-refractivity contribution in [3.8, 4) is 5.75 Å². The first kappa shape index (κ1) is 22.2. The molecular formula is C28H29N3O3. The van der Waals surface area contributed by atoms with Crippen molar-refractivity contribution in [1.82, 2.24) is 9.80 Å². The van der Waals surface area contributed by atoms with E-state index in [1.807, 2.05) is 41.3 Å². The number of hydrogen-bond donors (Lipinski definition) is 0. The van der Waals surface area contributed by atoms with Gasteiger partial charge in [-0.05, 0) is 23.3 Å². The topological polar surface area (TPSA) is 54.4 Å². The molecule has 3 aromatic rings. The van der Waals surface area contributed by atoms with Crippen LogP contribution in [0.15, 0.2) is 90.1 Å². The monoisotopic (exact) mass is 455 g/mol. The molecule has 0 unspecified atom stereocenters. The van der Waals surface area contributed by atoms with Crippen molar-refractivity contribution >= 4 is 11.6 Å². The lowest BCUT2D eigenvalue weighted by molar-refractivity contribution is -0.144. The molecule has 2 aliphatic heterocycles. The number of nitrogens with zero attached hydrogens (tertiary/aromatic N) is 3. The Labute approximate surface area is 200 Å². The second kappa shape index (κ2) is 10.1. The van der Waals surface area contributed by atoms with Gasteiger partial charge in [0, 0.05) is 38.2 Å². The molecule has 0 spiro atoms. The highest BCUT2D eigenvalue weighted by molar-refractivity contribution is 6.04. The van der Waals surface area contributed by atoms with Crippen molar-refractivity contribution in [3.63, 3.8) is 0 Å². The van der Waals surface area contributed by atoms with Crippen LogP contribution in [0.25, 0.3) is 0 Å². The number of piperazine rings is 1. The lowest BCUT2D eigenvalue weighted by Crippen LogP contribution is -2.52. The van der Waals surface area contributed by atoms with Gasteiger partial charge in [-0.1, -0.05) is 78.0 Å². The van der Waals surface area contributed by atoms with E-state index in [1.54, 1.807) is 7.11 Å². The van der Waals surface area contributed by atoms with Gasteiger partial charge in [0.05, 0.1) is 18.9 Å². The summed E-state index contributed by atoms with van der Waals surface area (Å²) in [4.78, 5) is 23.1. The smallest absolute Gasteiger partial charge is 0.266 e. The minimum Gasteiger partial charge on any atom is -0.497 e. The fourth-order valence-corrected chi connectivity index (χ4v) is 4.77. The van der Waals surface area contributed by atoms with Crippen molar-refractivity contribution < 1.29 is 14.4 Å². The summed E-state index contributed by atoms with van der Waals surface area (Å²) in [5, 5.41) is 4.20. The van der Waals surface area contributed by atoms with Crippen molar-refractivity contribution in [2.24, 2.45) is 5.16 Å². The number of benzene rings is 3. The van der Waals surface area contributed by atoms with Crippen LogP contribution in [0.2, 0.25) is 0 Å². The van der Waals surface area contributed by atoms with E-state index in [-0.39, 0.29) is 11.9 Å². The Kier molecular flexibility index (Phi) is 6.58. The van der Waals surface area contributed by atoms with E-state index in [0.29, 0.717) is 19.5 Å². The van der Waals surface area contributed by atoms with Gasteiger partial charge in [-0.2, -0.15) is 0 Å². The molecule has 1 amide bonds. The Balaban J connectivity index is 1.23. The van der Waals surface area contributed by atoms with E-state index in [0.717, 1.165) is 30.1 Å². The average molecular weight is 456 g/mol. The molecule has 3 aromatic carbocycles. The second-order valence-electron chi connectivity index (χ2n) is 8.65. The van der Waals surface area contributed by atoms with Crippen LogP contribution in [0.3, 0.4) is 0 Å². The van der Waals surface area contributed by atoms with Gasteiger partial charge in [0.1, 0.15) is 5.75 Å². The molecule has 0 aliphatic carbocycles. The van der Waals surface area contributed by atoms with Crippen LogP contribution < -0.4 is 4.74 Å². The van der Waals surface area contributed by atoms with E-state index in [2.05, 4.69) is 58.6 Å². The van der Waals surface area contributed by atoms with E-state index in [4.69, 9.17) is 9.57 Å². The van der Waals surface area contributed by atoms with Crippen LogP contribution in [0.5, 0.6) is 5.75 Å². The standard InChI is InChI=1S/C28H29N3O3/c1-33-24-14-8-13-23(19-24)25-20-26(34-29-25)28(32)31-17-15-30(16-18-31)27(21-9-4-2-5-10-21)22-11-6-3-7-12-22/h2-14,19,26-27H,15-18,20H2,1H3/t26-/m0/s1. The van der Waals surface area contributed by atoms with Crippen molar-refractivity contribution in [2.45, 2.75) is 18.6 Å².